The summed E-state index contributed by atoms with van der Waals surface area (Å²) in [5, 5.41) is 3.92. The number of oxime groups is 1. The molecule has 0 saturated carbocycles. The Hall–Kier alpha value is -1.77. The van der Waals surface area contributed by atoms with Crippen molar-refractivity contribution in [2.75, 3.05) is 14.2 Å². The summed E-state index contributed by atoms with van der Waals surface area (Å²) in [6.07, 6.45) is 0. The first-order chi connectivity index (χ1) is 7.20. The second kappa shape index (κ2) is 5.20. The van der Waals surface area contributed by atoms with Gasteiger partial charge in [0, 0.05) is 5.56 Å². The summed E-state index contributed by atoms with van der Waals surface area (Å²) in [6, 6.07) is 7.87. The molecule has 0 unspecified atom stereocenters. The fourth-order valence-corrected chi connectivity index (χ4v) is 1.28. The molecule has 0 amide bonds. The summed E-state index contributed by atoms with van der Waals surface area (Å²) in [5.41, 5.74) is 2.69. The van der Waals surface area contributed by atoms with Gasteiger partial charge >= 0.3 is 0 Å². The van der Waals surface area contributed by atoms with Gasteiger partial charge in [-0.15, -0.1) is 0 Å². The van der Waals surface area contributed by atoms with Crippen LogP contribution in [-0.4, -0.2) is 19.9 Å². The van der Waals surface area contributed by atoms with Gasteiger partial charge in [0.15, 0.2) is 5.71 Å². The van der Waals surface area contributed by atoms with Crippen molar-refractivity contribution < 1.29 is 9.57 Å². The van der Waals surface area contributed by atoms with Crippen molar-refractivity contribution in [2.24, 2.45) is 5.16 Å². The smallest absolute Gasteiger partial charge is 0.151 e. The Morgan fingerprint density at radius 1 is 1.27 bits per heavy atom. The number of ether oxygens (including phenoxy) is 1. The van der Waals surface area contributed by atoms with E-state index in [9.17, 15) is 0 Å². The van der Waals surface area contributed by atoms with Crippen LogP contribution in [0.1, 0.15) is 11.1 Å². The number of hydrogen-bond donors (Lipinski definition) is 0. The highest BCUT2D eigenvalue weighted by Gasteiger charge is 2.11. The van der Waals surface area contributed by atoms with E-state index in [0.29, 0.717) is 11.5 Å². The zero-order valence-corrected chi connectivity index (χ0v) is 9.28. The molecule has 0 bridgehead atoms. The fourth-order valence-electron chi connectivity index (χ4n) is 1.28. The van der Waals surface area contributed by atoms with E-state index in [1.165, 1.54) is 7.11 Å². The van der Waals surface area contributed by atoms with Gasteiger partial charge in [0.2, 0.25) is 0 Å². The van der Waals surface area contributed by atoms with E-state index < -0.39 is 0 Å². The predicted molar refractivity (Wildman–Crippen MR) is 60.9 cm³/mol. The molecule has 0 radical (unpaired) electrons. The molecule has 0 atom stereocenters. The molecule has 1 aromatic carbocycles. The van der Waals surface area contributed by atoms with Crippen LogP contribution >= 0.6 is 0 Å². The molecule has 0 fully saturated rings. The highest BCUT2D eigenvalue weighted by Crippen LogP contribution is 2.13. The second-order valence-electron chi connectivity index (χ2n) is 3.06. The average molecular weight is 205 g/mol. The summed E-state index contributed by atoms with van der Waals surface area (Å²) in [5.74, 6) is 0.492. The molecular formula is C12H15NO2. The van der Waals surface area contributed by atoms with E-state index in [-0.39, 0.29) is 0 Å². The zero-order chi connectivity index (χ0) is 11.3. The van der Waals surface area contributed by atoms with Gasteiger partial charge < -0.3 is 9.57 Å². The molecule has 3 nitrogen and oxygen atoms in total. The minimum absolute atomic E-state index is 0.492. The Morgan fingerprint density at radius 2 is 1.93 bits per heavy atom. The normalized spacial score (nSPS) is 11.0. The molecule has 0 N–H and O–H groups in total. The summed E-state index contributed by atoms with van der Waals surface area (Å²) < 4.78 is 5.07. The van der Waals surface area contributed by atoms with Gasteiger partial charge in [0.25, 0.3) is 0 Å². The Balaban J connectivity index is 3.17. The summed E-state index contributed by atoms with van der Waals surface area (Å²) >= 11 is 0. The van der Waals surface area contributed by atoms with Crippen LogP contribution in [0.4, 0.5) is 0 Å². The second-order valence-corrected chi connectivity index (χ2v) is 3.06. The van der Waals surface area contributed by atoms with Gasteiger partial charge in [0.1, 0.15) is 12.9 Å². The van der Waals surface area contributed by atoms with Gasteiger partial charge in [-0.3, -0.25) is 0 Å². The maximum Gasteiger partial charge on any atom is 0.151 e. The fraction of sp³-hybridized carbons (Fsp3) is 0.250. The highest BCUT2D eigenvalue weighted by atomic mass is 16.6. The van der Waals surface area contributed by atoms with Crippen LogP contribution in [0.3, 0.4) is 0 Å². The first kappa shape index (κ1) is 11.3. The van der Waals surface area contributed by atoms with Gasteiger partial charge in [-0.2, -0.15) is 0 Å². The molecule has 1 aromatic rings. The highest BCUT2D eigenvalue weighted by molar-refractivity contribution is 6.11. The molecule has 0 aliphatic heterocycles. The standard InChI is InChI=1S/C12H15NO2/c1-9-7-5-6-8-11(9)12(13-15-4)10(2)14-3/h5-8H,2H2,1,3-4H3/b13-12-. The molecule has 80 valence electrons. The number of aryl methyl sites for hydroxylation is 1. The van der Waals surface area contributed by atoms with E-state index in [2.05, 4.69) is 11.7 Å². The van der Waals surface area contributed by atoms with Crippen molar-refractivity contribution >= 4 is 5.71 Å². The van der Waals surface area contributed by atoms with E-state index in [1.54, 1.807) is 7.11 Å². The first-order valence-corrected chi connectivity index (χ1v) is 4.61. The Labute approximate surface area is 90.0 Å². The van der Waals surface area contributed by atoms with Crippen molar-refractivity contribution in [2.45, 2.75) is 6.92 Å². The third kappa shape index (κ3) is 2.59. The lowest BCUT2D eigenvalue weighted by atomic mass is 10.0. The van der Waals surface area contributed by atoms with Crippen LogP contribution < -0.4 is 0 Å². The third-order valence-corrected chi connectivity index (χ3v) is 2.09. The number of benzene rings is 1. The SMILES string of the molecule is C=C(OC)/C(=N/OC)c1ccccc1C. The van der Waals surface area contributed by atoms with Crippen molar-refractivity contribution in [1.82, 2.24) is 0 Å². The summed E-state index contributed by atoms with van der Waals surface area (Å²) in [4.78, 5) is 4.78. The minimum Gasteiger partial charge on any atom is -0.495 e. The van der Waals surface area contributed by atoms with Crippen molar-refractivity contribution in [3.8, 4) is 0 Å². The van der Waals surface area contributed by atoms with Crippen LogP contribution in [0.25, 0.3) is 0 Å². The van der Waals surface area contributed by atoms with Gasteiger partial charge in [-0.05, 0) is 12.5 Å². The summed E-state index contributed by atoms with van der Waals surface area (Å²) in [6.45, 7) is 5.78. The van der Waals surface area contributed by atoms with Crippen LogP contribution in [0.15, 0.2) is 41.8 Å². The third-order valence-electron chi connectivity index (χ3n) is 2.09. The summed E-state index contributed by atoms with van der Waals surface area (Å²) in [7, 11) is 3.06. The maximum absolute atomic E-state index is 5.07. The molecule has 1 rings (SSSR count). The molecule has 0 heterocycles. The van der Waals surface area contributed by atoms with Gasteiger partial charge in [-0.25, -0.2) is 0 Å². The molecule has 15 heavy (non-hydrogen) atoms. The van der Waals surface area contributed by atoms with E-state index in [0.717, 1.165) is 11.1 Å². The minimum atomic E-state index is 0.492. The predicted octanol–water partition coefficient (Wildman–Crippen LogP) is 2.51. The number of nitrogens with zero attached hydrogens (tertiary/aromatic N) is 1. The van der Waals surface area contributed by atoms with Crippen molar-refractivity contribution in [1.29, 1.82) is 0 Å². The Kier molecular flexibility index (Phi) is 3.92. The van der Waals surface area contributed by atoms with Gasteiger partial charge in [-0.1, -0.05) is 36.0 Å². The maximum atomic E-state index is 5.07. The quantitative estimate of drug-likeness (QED) is 0.429. The van der Waals surface area contributed by atoms with Gasteiger partial charge in [0.05, 0.1) is 7.11 Å². The largest absolute Gasteiger partial charge is 0.495 e. The zero-order valence-electron chi connectivity index (χ0n) is 9.28. The first-order valence-electron chi connectivity index (χ1n) is 4.61. The topological polar surface area (TPSA) is 30.8 Å². The lowest BCUT2D eigenvalue weighted by Crippen LogP contribution is -2.08. The van der Waals surface area contributed by atoms with Crippen molar-refractivity contribution in [3.05, 3.63) is 47.7 Å². The molecule has 0 aliphatic rings. The number of rotatable bonds is 4. The van der Waals surface area contributed by atoms with Crippen LogP contribution in [0.2, 0.25) is 0 Å². The van der Waals surface area contributed by atoms with Crippen molar-refractivity contribution in [3.63, 3.8) is 0 Å². The van der Waals surface area contributed by atoms with E-state index >= 15 is 0 Å². The van der Waals surface area contributed by atoms with Crippen LogP contribution in [0, 0.1) is 6.92 Å². The lowest BCUT2D eigenvalue weighted by Gasteiger charge is -2.09. The molecule has 0 saturated heterocycles. The molecule has 0 aromatic heterocycles. The van der Waals surface area contributed by atoms with E-state index in [1.807, 2.05) is 31.2 Å². The molecule has 3 heteroatoms. The monoisotopic (exact) mass is 205 g/mol. The average Bonchev–Trinajstić information content (AvgIpc) is 2.26. The number of allylic oxidation sites excluding steroid dienone is 1. The van der Waals surface area contributed by atoms with E-state index in [4.69, 9.17) is 9.57 Å². The lowest BCUT2D eigenvalue weighted by molar-refractivity contribution is 0.210. The number of hydrogen-bond acceptors (Lipinski definition) is 3. The Morgan fingerprint density at radius 3 is 2.47 bits per heavy atom. The van der Waals surface area contributed by atoms with Crippen LogP contribution in [0.5, 0.6) is 0 Å². The number of methoxy groups -OCH3 is 1. The Bertz CT molecular complexity index is 383. The molecule has 0 spiro atoms. The molecular weight excluding hydrogens is 190 g/mol. The molecule has 0 aliphatic carbocycles. The van der Waals surface area contributed by atoms with Crippen LogP contribution in [-0.2, 0) is 9.57 Å².